The molecule has 98 valence electrons. The van der Waals surface area contributed by atoms with Crippen LogP contribution in [0.5, 0.6) is 0 Å². The number of halogens is 2. The molecule has 0 aliphatic carbocycles. The van der Waals surface area contributed by atoms with Crippen LogP contribution in [0.4, 0.5) is 0 Å². The van der Waals surface area contributed by atoms with Crippen LogP contribution in [-0.4, -0.2) is 30.3 Å². The Bertz CT molecular complexity index is 418. The predicted octanol–water partition coefficient (Wildman–Crippen LogP) is 3.53. The van der Waals surface area contributed by atoms with Gasteiger partial charge in [-0.25, -0.2) is 0 Å². The van der Waals surface area contributed by atoms with Gasteiger partial charge in [0.2, 0.25) is 5.24 Å². The molecule has 0 saturated carbocycles. The first-order chi connectivity index (χ1) is 8.56. The number of carbonyl (C=O) groups excluding carboxylic acids is 1. The molecule has 4 heteroatoms. The zero-order valence-corrected chi connectivity index (χ0v) is 11.9. The van der Waals surface area contributed by atoms with E-state index in [1.807, 2.05) is 12.1 Å². The summed E-state index contributed by atoms with van der Waals surface area (Å²) in [5.74, 6) is 0.705. The van der Waals surface area contributed by atoms with Crippen LogP contribution in [0.25, 0.3) is 0 Å². The lowest BCUT2D eigenvalue weighted by molar-refractivity contribution is -0.113. The summed E-state index contributed by atoms with van der Waals surface area (Å²) in [6.45, 7) is 1.98. The maximum Gasteiger partial charge on any atom is 0.221 e. The van der Waals surface area contributed by atoms with Crippen LogP contribution in [-0.2, 0) is 4.79 Å². The second-order valence-electron chi connectivity index (χ2n) is 5.03. The van der Waals surface area contributed by atoms with Crippen molar-refractivity contribution in [1.29, 1.82) is 0 Å². The lowest BCUT2D eigenvalue weighted by Gasteiger charge is -2.36. The molecular formula is C14H17Cl2NO. The van der Waals surface area contributed by atoms with E-state index in [4.69, 9.17) is 23.2 Å². The number of carbonyl (C=O) groups is 1. The molecule has 0 aromatic heterocycles. The van der Waals surface area contributed by atoms with E-state index >= 15 is 0 Å². The van der Waals surface area contributed by atoms with Crippen LogP contribution in [0.3, 0.4) is 0 Å². The number of benzene rings is 1. The molecule has 2 nitrogen and oxygen atoms in total. The third-order valence-corrected chi connectivity index (χ3v) is 4.06. The number of nitrogens with zero attached hydrogens (tertiary/aromatic N) is 1. The van der Waals surface area contributed by atoms with Gasteiger partial charge in [0.25, 0.3) is 0 Å². The number of rotatable bonds is 3. The summed E-state index contributed by atoms with van der Waals surface area (Å²) in [5.41, 5.74) is 1.26. The highest BCUT2D eigenvalue weighted by Gasteiger charge is 2.30. The van der Waals surface area contributed by atoms with Gasteiger partial charge in [0.1, 0.15) is 0 Å². The minimum absolute atomic E-state index is 0.241. The fraction of sp³-hybridized carbons (Fsp3) is 0.500. The highest BCUT2D eigenvalue weighted by molar-refractivity contribution is 6.63. The Hall–Kier alpha value is -0.570. The smallest absolute Gasteiger partial charge is 0.221 e. The molecule has 1 aromatic carbocycles. The van der Waals surface area contributed by atoms with Crippen LogP contribution in [0.2, 0.25) is 5.02 Å². The van der Waals surface area contributed by atoms with E-state index in [-0.39, 0.29) is 5.24 Å². The van der Waals surface area contributed by atoms with Crippen molar-refractivity contribution < 1.29 is 4.79 Å². The number of likely N-dealkylation sites (tertiary alicyclic amines) is 1. The van der Waals surface area contributed by atoms with Crippen molar-refractivity contribution in [2.75, 3.05) is 20.1 Å². The molecule has 1 fully saturated rings. The average molecular weight is 286 g/mol. The van der Waals surface area contributed by atoms with Gasteiger partial charge in [-0.05, 0) is 61.1 Å². The number of hydrogen-bond acceptors (Lipinski definition) is 2. The summed E-state index contributed by atoms with van der Waals surface area (Å²) >= 11 is 11.5. The molecule has 1 heterocycles. The molecule has 0 amide bonds. The van der Waals surface area contributed by atoms with Crippen molar-refractivity contribution in [2.24, 2.45) is 5.92 Å². The Morgan fingerprint density at radius 3 is 2.67 bits per heavy atom. The topological polar surface area (TPSA) is 20.3 Å². The molecular weight excluding hydrogens is 269 g/mol. The van der Waals surface area contributed by atoms with Crippen molar-refractivity contribution >= 4 is 28.4 Å². The third-order valence-electron chi connectivity index (χ3n) is 3.66. The van der Waals surface area contributed by atoms with Crippen LogP contribution in [0, 0.1) is 5.92 Å². The molecule has 2 atom stereocenters. The summed E-state index contributed by atoms with van der Waals surface area (Å²) in [6.07, 6.45) is 1.51. The van der Waals surface area contributed by atoms with Crippen molar-refractivity contribution in [3.05, 3.63) is 34.9 Å². The minimum Gasteiger partial charge on any atom is -0.306 e. The highest BCUT2D eigenvalue weighted by Crippen LogP contribution is 2.35. The normalized spacial score (nSPS) is 25.1. The summed E-state index contributed by atoms with van der Waals surface area (Å²) in [6, 6.07) is 7.94. The van der Waals surface area contributed by atoms with E-state index in [0.29, 0.717) is 18.3 Å². The maximum atomic E-state index is 11.2. The first-order valence-corrected chi connectivity index (χ1v) is 6.94. The van der Waals surface area contributed by atoms with Gasteiger partial charge in [-0.15, -0.1) is 0 Å². The Morgan fingerprint density at radius 1 is 1.39 bits per heavy atom. The molecule has 0 spiro atoms. The largest absolute Gasteiger partial charge is 0.306 e. The highest BCUT2D eigenvalue weighted by atomic mass is 35.5. The molecule has 1 aromatic rings. The van der Waals surface area contributed by atoms with E-state index in [0.717, 1.165) is 24.5 Å². The molecule has 1 saturated heterocycles. The predicted molar refractivity (Wildman–Crippen MR) is 75.3 cm³/mol. The van der Waals surface area contributed by atoms with Gasteiger partial charge in [0.05, 0.1) is 0 Å². The summed E-state index contributed by atoms with van der Waals surface area (Å²) < 4.78 is 0. The van der Waals surface area contributed by atoms with E-state index in [9.17, 15) is 4.79 Å². The fourth-order valence-electron chi connectivity index (χ4n) is 2.78. The Balaban J connectivity index is 2.17. The van der Waals surface area contributed by atoms with Gasteiger partial charge in [0.15, 0.2) is 0 Å². The molecule has 0 radical (unpaired) electrons. The van der Waals surface area contributed by atoms with Crippen molar-refractivity contribution in [3.8, 4) is 0 Å². The minimum atomic E-state index is -0.241. The molecule has 0 bridgehead atoms. The second-order valence-corrected chi connectivity index (χ2v) is 5.89. The molecule has 0 unspecified atom stereocenters. The average Bonchev–Trinajstić information content (AvgIpc) is 2.30. The summed E-state index contributed by atoms with van der Waals surface area (Å²) in [5, 5.41) is 0.505. The van der Waals surface area contributed by atoms with Crippen molar-refractivity contribution in [2.45, 2.75) is 18.8 Å². The molecule has 2 rings (SSSR count). The molecule has 0 N–H and O–H groups in total. The molecule has 1 aliphatic rings. The quantitative estimate of drug-likeness (QED) is 0.792. The van der Waals surface area contributed by atoms with Gasteiger partial charge in [0, 0.05) is 18.0 Å². The van der Waals surface area contributed by atoms with E-state index in [2.05, 4.69) is 24.1 Å². The summed E-state index contributed by atoms with van der Waals surface area (Å²) in [7, 11) is 2.09. The lowest BCUT2D eigenvalue weighted by atomic mass is 9.79. The van der Waals surface area contributed by atoms with E-state index in [1.54, 1.807) is 0 Å². The van der Waals surface area contributed by atoms with Gasteiger partial charge in [-0.1, -0.05) is 23.7 Å². The van der Waals surface area contributed by atoms with Crippen LogP contribution < -0.4 is 0 Å². The van der Waals surface area contributed by atoms with Crippen LogP contribution in [0.1, 0.15) is 24.3 Å². The van der Waals surface area contributed by atoms with Gasteiger partial charge < -0.3 is 4.90 Å². The zero-order valence-electron chi connectivity index (χ0n) is 10.4. The number of piperidine rings is 1. The Kier molecular flexibility index (Phi) is 4.66. The van der Waals surface area contributed by atoms with E-state index in [1.165, 1.54) is 5.56 Å². The van der Waals surface area contributed by atoms with Gasteiger partial charge in [-0.2, -0.15) is 0 Å². The molecule has 1 aliphatic heterocycles. The zero-order chi connectivity index (χ0) is 13.1. The monoisotopic (exact) mass is 285 g/mol. The lowest BCUT2D eigenvalue weighted by Crippen LogP contribution is -2.37. The second kappa shape index (κ2) is 6.05. The van der Waals surface area contributed by atoms with Crippen molar-refractivity contribution in [3.63, 3.8) is 0 Å². The summed E-state index contributed by atoms with van der Waals surface area (Å²) in [4.78, 5) is 13.4. The number of hydrogen-bond donors (Lipinski definition) is 0. The Morgan fingerprint density at radius 2 is 2.06 bits per heavy atom. The van der Waals surface area contributed by atoms with Crippen molar-refractivity contribution in [1.82, 2.24) is 4.90 Å². The first kappa shape index (κ1) is 13.9. The SMILES string of the molecule is CN1CC[C@H](c2ccc(Cl)cc2)[C@@H](CC(=O)Cl)C1. The standard InChI is InChI=1S/C14H17Cl2NO/c1-17-7-6-13(11(9-17)8-14(16)18)10-2-4-12(15)5-3-10/h2-5,11,13H,6-9H2,1H3/t11-,13+/m0/s1. The van der Waals surface area contributed by atoms with Gasteiger partial charge in [-0.3, -0.25) is 4.79 Å². The first-order valence-electron chi connectivity index (χ1n) is 6.18. The fourth-order valence-corrected chi connectivity index (χ4v) is 3.10. The maximum absolute atomic E-state index is 11.2. The van der Waals surface area contributed by atoms with E-state index < -0.39 is 0 Å². The third kappa shape index (κ3) is 3.47. The molecule has 18 heavy (non-hydrogen) atoms. The van der Waals surface area contributed by atoms with Crippen LogP contribution >= 0.6 is 23.2 Å². The van der Waals surface area contributed by atoms with Gasteiger partial charge >= 0.3 is 0 Å². The Labute approximate surface area is 118 Å². The van der Waals surface area contributed by atoms with Crippen LogP contribution in [0.15, 0.2) is 24.3 Å².